The van der Waals surface area contributed by atoms with Gasteiger partial charge in [0.2, 0.25) is 5.89 Å². The van der Waals surface area contributed by atoms with Gasteiger partial charge in [-0.05, 0) is 49.6 Å². The van der Waals surface area contributed by atoms with Gasteiger partial charge in [-0.1, -0.05) is 23.4 Å². The predicted molar refractivity (Wildman–Crippen MR) is 106 cm³/mol. The second kappa shape index (κ2) is 6.81. The molecular formula is C21H21N3O3S. The molecule has 2 fully saturated rings. The third-order valence-electron chi connectivity index (χ3n) is 5.78. The van der Waals surface area contributed by atoms with E-state index in [1.807, 2.05) is 31.2 Å². The Kier molecular flexibility index (Phi) is 4.27. The fraction of sp³-hybridized carbons (Fsp3) is 0.429. The number of fused-ring (bicyclic) bond motifs is 1. The average Bonchev–Trinajstić information content (AvgIpc) is 3.37. The van der Waals surface area contributed by atoms with Crippen molar-refractivity contribution in [1.82, 2.24) is 15.0 Å². The van der Waals surface area contributed by atoms with Crippen LogP contribution in [0.15, 0.2) is 28.8 Å². The van der Waals surface area contributed by atoms with Crippen molar-refractivity contribution in [2.24, 2.45) is 0 Å². The molecule has 1 amide bonds. The first-order valence-corrected chi connectivity index (χ1v) is 10.6. The number of carbonyl (C=O) groups excluding carboxylic acids is 2. The minimum absolute atomic E-state index is 0.196. The van der Waals surface area contributed by atoms with E-state index in [4.69, 9.17) is 4.52 Å². The molecule has 2 aliphatic rings. The summed E-state index contributed by atoms with van der Waals surface area (Å²) < 4.78 is 6.40. The third kappa shape index (κ3) is 3.03. The van der Waals surface area contributed by atoms with Gasteiger partial charge in [-0.15, -0.1) is 11.3 Å². The molecule has 1 aliphatic carbocycles. The van der Waals surface area contributed by atoms with Crippen molar-refractivity contribution in [1.29, 1.82) is 0 Å². The molecule has 0 spiro atoms. The number of hydrogen-bond donors (Lipinski definition) is 0. The van der Waals surface area contributed by atoms with Gasteiger partial charge in [0.05, 0.1) is 4.88 Å². The summed E-state index contributed by atoms with van der Waals surface area (Å²) in [5, 5.41) is 5.18. The first-order valence-electron chi connectivity index (χ1n) is 9.77. The van der Waals surface area contributed by atoms with Crippen molar-refractivity contribution in [3.05, 3.63) is 46.4 Å². The maximum absolute atomic E-state index is 12.9. The largest absolute Gasteiger partial charge is 0.339 e. The van der Waals surface area contributed by atoms with Crippen LogP contribution in [-0.4, -0.2) is 39.8 Å². The van der Waals surface area contributed by atoms with Crippen LogP contribution in [0, 0.1) is 6.92 Å². The van der Waals surface area contributed by atoms with Gasteiger partial charge >= 0.3 is 0 Å². The summed E-state index contributed by atoms with van der Waals surface area (Å²) >= 11 is 1.40. The quantitative estimate of drug-likeness (QED) is 0.492. The normalized spacial score (nSPS) is 18.0. The second-order valence-corrected chi connectivity index (χ2v) is 8.77. The standard InChI is InChI=1S/C21H21N3O3S/c1-12-15-4-2-3-5-16(15)28-18(12)17(25)21(26)24-10-8-13(9-11-24)19-22-20(27-23-19)14-6-7-14/h2-5,13-14H,6-11H2,1H3. The van der Waals surface area contributed by atoms with Crippen LogP contribution in [0.2, 0.25) is 0 Å². The summed E-state index contributed by atoms with van der Waals surface area (Å²) in [7, 11) is 0. The van der Waals surface area contributed by atoms with Crippen molar-refractivity contribution in [2.75, 3.05) is 13.1 Å². The Hall–Kier alpha value is -2.54. The van der Waals surface area contributed by atoms with Crippen LogP contribution in [0.4, 0.5) is 0 Å². The molecule has 3 aromatic rings. The molecule has 7 heteroatoms. The number of hydrogen-bond acceptors (Lipinski definition) is 6. The van der Waals surface area contributed by atoms with E-state index in [0.717, 1.165) is 53.0 Å². The lowest BCUT2D eigenvalue weighted by molar-refractivity contribution is -0.127. The number of thiophene rings is 1. The Balaban J connectivity index is 1.27. The van der Waals surface area contributed by atoms with E-state index in [-0.39, 0.29) is 5.92 Å². The SMILES string of the molecule is Cc1c(C(=O)C(=O)N2CCC(c3noc(C4CC4)n3)CC2)sc2ccccc12. The Morgan fingerprint density at radius 1 is 1.11 bits per heavy atom. The monoisotopic (exact) mass is 395 g/mol. The summed E-state index contributed by atoms with van der Waals surface area (Å²) in [6, 6.07) is 7.89. The Morgan fingerprint density at radius 3 is 2.57 bits per heavy atom. The van der Waals surface area contributed by atoms with E-state index in [2.05, 4.69) is 10.1 Å². The van der Waals surface area contributed by atoms with Gasteiger partial charge in [0.15, 0.2) is 5.82 Å². The van der Waals surface area contributed by atoms with E-state index in [1.165, 1.54) is 11.3 Å². The predicted octanol–water partition coefficient (Wildman–Crippen LogP) is 4.06. The van der Waals surface area contributed by atoms with Gasteiger partial charge in [0.1, 0.15) is 0 Å². The van der Waals surface area contributed by atoms with Gasteiger partial charge in [-0.2, -0.15) is 4.98 Å². The minimum atomic E-state index is -0.403. The molecular weight excluding hydrogens is 374 g/mol. The molecule has 1 saturated carbocycles. The number of ketones is 1. The molecule has 0 unspecified atom stereocenters. The van der Waals surface area contributed by atoms with E-state index in [1.54, 1.807) is 4.90 Å². The first kappa shape index (κ1) is 17.6. The van der Waals surface area contributed by atoms with Crippen LogP contribution in [0.5, 0.6) is 0 Å². The number of amides is 1. The van der Waals surface area contributed by atoms with Crippen molar-refractivity contribution >= 4 is 33.1 Å². The smallest absolute Gasteiger partial charge is 0.295 e. The van der Waals surface area contributed by atoms with Crippen LogP contribution < -0.4 is 0 Å². The summed E-state index contributed by atoms with van der Waals surface area (Å²) in [4.78, 5) is 32.4. The molecule has 6 nitrogen and oxygen atoms in total. The minimum Gasteiger partial charge on any atom is -0.339 e. The summed E-state index contributed by atoms with van der Waals surface area (Å²) in [6.07, 6.45) is 3.78. The molecule has 144 valence electrons. The highest BCUT2D eigenvalue weighted by molar-refractivity contribution is 7.21. The zero-order valence-corrected chi connectivity index (χ0v) is 16.5. The lowest BCUT2D eigenvalue weighted by atomic mass is 9.95. The molecule has 28 heavy (non-hydrogen) atoms. The number of likely N-dealkylation sites (tertiary alicyclic amines) is 1. The number of rotatable bonds is 4. The van der Waals surface area contributed by atoms with Gasteiger partial charge in [0, 0.05) is 29.6 Å². The number of Topliss-reactive ketones (excluding diaryl/α,β-unsaturated/α-hetero) is 1. The number of aromatic nitrogens is 2. The molecule has 0 radical (unpaired) electrons. The molecule has 2 aromatic heterocycles. The molecule has 1 aromatic carbocycles. The molecule has 0 bridgehead atoms. The lowest BCUT2D eigenvalue weighted by Gasteiger charge is -2.30. The molecule has 1 saturated heterocycles. The molecule has 0 N–H and O–H groups in total. The Morgan fingerprint density at radius 2 is 1.86 bits per heavy atom. The van der Waals surface area contributed by atoms with Gasteiger partial charge in [0.25, 0.3) is 11.7 Å². The zero-order chi connectivity index (χ0) is 19.3. The first-order chi connectivity index (χ1) is 13.6. The average molecular weight is 395 g/mol. The maximum atomic E-state index is 12.9. The van der Waals surface area contributed by atoms with Gasteiger partial charge in [-0.3, -0.25) is 9.59 Å². The van der Waals surface area contributed by atoms with Crippen molar-refractivity contribution < 1.29 is 14.1 Å². The third-order valence-corrected chi connectivity index (χ3v) is 7.05. The zero-order valence-electron chi connectivity index (χ0n) is 15.7. The highest BCUT2D eigenvalue weighted by Gasteiger charge is 2.34. The maximum Gasteiger partial charge on any atom is 0.295 e. The number of benzene rings is 1. The van der Waals surface area contributed by atoms with Crippen LogP contribution in [0.1, 0.15) is 64.5 Å². The lowest BCUT2D eigenvalue weighted by Crippen LogP contribution is -2.41. The van der Waals surface area contributed by atoms with Crippen molar-refractivity contribution in [2.45, 2.75) is 44.4 Å². The highest BCUT2D eigenvalue weighted by Crippen LogP contribution is 2.40. The highest BCUT2D eigenvalue weighted by atomic mass is 32.1. The number of nitrogens with zero attached hydrogens (tertiary/aromatic N) is 3. The Labute approximate surface area is 166 Å². The van der Waals surface area contributed by atoms with E-state index in [0.29, 0.717) is 23.9 Å². The molecule has 3 heterocycles. The topological polar surface area (TPSA) is 76.3 Å². The Bertz CT molecular complexity index is 1060. The van der Waals surface area contributed by atoms with Crippen LogP contribution in [0.3, 0.4) is 0 Å². The number of piperidine rings is 1. The fourth-order valence-electron chi connectivity index (χ4n) is 3.88. The van der Waals surface area contributed by atoms with Crippen molar-refractivity contribution in [3.8, 4) is 0 Å². The van der Waals surface area contributed by atoms with E-state index < -0.39 is 11.7 Å². The molecule has 0 atom stereocenters. The van der Waals surface area contributed by atoms with Crippen LogP contribution in [-0.2, 0) is 4.79 Å². The number of carbonyl (C=O) groups is 2. The van der Waals surface area contributed by atoms with Crippen LogP contribution in [0.25, 0.3) is 10.1 Å². The molecule has 1 aliphatic heterocycles. The van der Waals surface area contributed by atoms with E-state index in [9.17, 15) is 9.59 Å². The van der Waals surface area contributed by atoms with Crippen LogP contribution >= 0.6 is 11.3 Å². The van der Waals surface area contributed by atoms with Gasteiger partial charge in [-0.25, -0.2) is 0 Å². The second-order valence-electron chi connectivity index (χ2n) is 7.71. The summed E-state index contributed by atoms with van der Waals surface area (Å²) in [5.74, 6) is 1.35. The number of aryl methyl sites for hydroxylation is 1. The summed E-state index contributed by atoms with van der Waals surface area (Å²) in [5.41, 5.74) is 0.897. The fourth-order valence-corrected chi connectivity index (χ4v) is 5.02. The van der Waals surface area contributed by atoms with Gasteiger partial charge < -0.3 is 9.42 Å². The van der Waals surface area contributed by atoms with E-state index >= 15 is 0 Å². The van der Waals surface area contributed by atoms with Crippen molar-refractivity contribution in [3.63, 3.8) is 0 Å². The molecule has 5 rings (SSSR count). The summed E-state index contributed by atoms with van der Waals surface area (Å²) in [6.45, 7) is 3.01.